The molecule has 0 bridgehead atoms. The van der Waals surface area contributed by atoms with Gasteiger partial charge in [-0.25, -0.2) is 13.1 Å². The van der Waals surface area contributed by atoms with Gasteiger partial charge in [0.1, 0.15) is 5.76 Å². The lowest BCUT2D eigenvalue weighted by Gasteiger charge is -2.27. The van der Waals surface area contributed by atoms with Gasteiger partial charge in [-0.05, 0) is 72.2 Å². The topological polar surface area (TPSA) is 72.5 Å². The summed E-state index contributed by atoms with van der Waals surface area (Å²) >= 11 is 5.90. The number of ether oxygens (including phenoxy) is 1. The summed E-state index contributed by atoms with van der Waals surface area (Å²) in [4.78, 5) is 13.6. The Hall–Kier alpha value is -2.93. The van der Waals surface area contributed by atoms with Crippen LogP contribution >= 0.6 is 11.6 Å². The summed E-state index contributed by atoms with van der Waals surface area (Å²) in [5.74, 6) is 0.709. The number of halogens is 1. The first-order chi connectivity index (χ1) is 17.4. The monoisotopic (exact) mass is 521 g/mol. The van der Waals surface area contributed by atoms with Crippen molar-refractivity contribution in [3.8, 4) is 0 Å². The first-order valence-corrected chi connectivity index (χ1v) is 14.0. The van der Waals surface area contributed by atoms with E-state index in [-0.39, 0.29) is 22.6 Å². The Morgan fingerprint density at radius 2 is 1.72 bits per heavy atom. The van der Waals surface area contributed by atoms with Crippen LogP contribution < -0.4 is 4.72 Å². The summed E-state index contributed by atoms with van der Waals surface area (Å²) in [6.07, 6.45) is 3.31. The molecule has 0 amide bonds. The second-order valence-electron chi connectivity index (χ2n) is 9.41. The standard InChI is InChI=1S/C29H28ClNO4S/c1-35-27-18-22(29(32)28(27)19-6-3-2-4-7-19)16-20-8-5-9-21-17-24(12-15-26(20)21)31-36(33,34)25-13-10-23(30)11-14-25/h2-11,13-14,22,24,31H,12,15-18H2,1H3. The zero-order valence-electron chi connectivity index (χ0n) is 20.0. The molecule has 0 aromatic heterocycles. The summed E-state index contributed by atoms with van der Waals surface area (Å²) in [6, 6.07) is 21.9. The molecule has 0 spiro atoms. The molecule has 5 nitrogen and oxygen atoms in total. The van der Waals surface area contributed by atoms with Gasteiger partial charge < -0.3 is 4.74 Å². The average Bonchev–Trinajstić information content (AvgIpc) is 3.19. The molecule has 7 heteroatoms. The smallest absolute Gasteiger partial charge is 0.240 e. The largest absolute Gasteiger partial charge is 0.500 e. The lowest BCUT2D eigenvalue weighted by atomic mass is 9.82. The molecule has 2 aliphatic carbocycles. The van der Waals surface area contributed by atoms with Crippen molar-refractivity contribution in [2.45, 2.75) is 43.0 Å². The van der Waals surface area contributed by atoms with Gasteiger partial charge in [0.15, 0.2) is 5.78 Å². The minimum atomic E-state index is -3.63. The molecule has 0 saturated heterocycles. The van der Waals surface area contributed by atoms with Crippen molar-refractivity contribution in [3.63, 3.8) is 0 Å². The van der Waals surface area contributed by atoms with Gasteiger partial charge in [-0.2, -0.15) is 0 Å². The number of benzene rings is 3. The van der Waals surface area contributed by atoms with Crippen LogP contribution in [0.25, 0.3) is 5.57 Å². The van der Waals surface area contributed by atoms with Crippen LogP contribution in [0.15, 0.2) is 83.5 Å². The van der Waals surface area contributed by atoms with E-state index in [0.717, 1.165) is 28.9 Å². The van der Waals surface area contributed by atoms with E-state index < -0.39 is 10.0 Å². The molecule has 0 fully saturated rings. The van der Waals surface area contributed by atoms with E-state index in [4.69, 9.17) is 16.3 Å². The summed E-state index contributed by atoms with van der Waals surface area (Å²) in [5, 5.41) is 0.498. The summed E-state index contributed by atoms with van der Waals surface area (Å²) in [7, 11) is -2.00. The van der Waals surface area contributed by atoms with E-state index in [1.54, 1.807) is 19.2 Å². The Labute approximate surface area is 217 Å². The minimum absolute atomic E-state index is 0.125. The fourth-order valence-corrected chi connectivity index (χ4v) is 6.76. The van der Waals surface area contributed by atoms with Gasteiger partial charge in [0.05, 0.1) is 17.6 Å². The van der Waals surface area contributed by atoms with Crippen LogP contribution in [0.2, 0.25) is 5.02 Å². The quantitative estimate of drug-likeness (QED) is 0.454. The maximum atomic E-state index is 13.4. The van der Waals surface area contributed by atoms with Gasteiger partial charge in [-0.1, -0.05) is 60.1 Å². The molecule has 0 aliphatic heterocycles. The van der Waals surface area contributed by atoms with Crippen molar-refractivity contribution in [1.82, 2.24) is 4.72 Å². The SMILES string of the molecule is COC1=C(c2ccccc2)C(=O)C(Cc2cccc3c2CCC(NS(=O)(=O)c2ccc(Cl)cc2)C3)C1. The van der Waals surface area contributed by atoms with Crippen molar-refractivity contribution in [3.05, 3.63) is 106 Å². The van der Waals surface area contributed by atoms with E-state index in [1.807, 2.05) is 36.4 Å². The summed E-state index contributed by atoms with van der Waals surface area (Å²) < 4.78 is 34.2. The van der Waals surface area contributed by atoms with Crippen molar-refractivity contribution >= 4 is 33.0 Å². The first kappa shape index (κ1) is 24.8. The Balaban J connectivity index is 1.31. The summed E-state index contributed by atoms with van der Waals surface area (Å²) in [5.41, 5.74) is 5.11. The lowest BCUT2D eigenvalue weighted by Crippen LogP contribution is -2.39. The normalized spacial score (nSPS) is 19.9. The molecular weight excluding hydrogens is 494 g/mol. The van der Waals surface area contributed by atoms with Gasteiger partial charge in [0, 0.05) is 23.4 Å². The number of allylic oxidation sites excluding steroid dienone is 2. The fraction of sp³-hybridized carbons (Fsp3) is 0.276. The molecule has 0 heterocycles. The molecule has 186 valence electrons. The molecule has 3 aromatic carbocycles. The van der Waals surface area contributed by atoms with E-state index in [1.165, 1.54) is 17.7 Å². The lowest BCUT2D eigenvalue weighted by molar-refractivity contribution is -0.116. The maximum absolute atomic E-state index is 13.4. The van der Waals surface area contributed by atoms with Crippen molar-refractivity contribution in [1.29, 1.82) is 0 Å². The van der Waals surface area contributed by atoms with Crippen LogP contribution in [0, 0.1) is 5.92 Å². The molecule has 2 aliphatic rings. The fourth-order valence-electron chi connectivity index (χ4n) is 5.36. The number of sulfonamides is 1. The van der Waals surface area contributed by atoms with Gasteiger partial charge >= 0.3 is 0 Å². The van der Waals surface area contributed by atoms with E-state index >= 15 is 0 Å². The zero-order valence-corrected chi connectivity index (χ0v) is 21.6. The van der Waals surface area contributed by atoms with E-state index in [9.17, 15) is 13.2 Å². The number of nitrogens with one attached hydrogen (secondary N) is 1. The number of carbonyl (C=O) groups is 1. The third kappa shape index (κ3) is 4.99. The molecule has 1 N–H and O–H groups in total. The first-order valence-electron chi connectivity index (χ1n) is 12.1. The number of hydrogen-bond acceptors (Lipinski definition) is 4. The van der Waals surface area contributed by atoms with E-state index in [2.05, 4.69) is 16.9 Å². The van der Waals surface area contributed by atoms with Gasteiger partial charge in [-0.3, -0.25) is 4.79 Å². The molecule has 3 aromatic rings. The Morgan fingerprint density at radius 1 is 0.972 bits per heavy atom. The van der Waals surface area contributed by atoms with Crippen LogP contribution in [0.1, 0.15) is 35.1 Å². The highest BCUT2D eigenvalue weighted by Crippen LogP contribution is 2.38. The number of Topliss-reactive ketones (excluding diaryl/α,β-unsaturated/α-hetero) is 1. The highest BCUT2D eigenvalue weighted by atomic mass is 35.5. The minimum Gasteiger partial charge on any atom is -0.500 e. The number of hydrogen-bond donors (Lipinski definition) is 1. The molecule has 2 atom stereocenters. The number of fused-ring (bicyclic) bond motifs is 1. The number of rotatable bonds is 7. The predicted octanol–water partition coefficient (Wildman–Crippen LogP) is 5.37. The van der Waals surface area contributed by atoms with Crippen LogP contribution in [0.5, 0.6) is 0 Å². The van der Waals surface area contributed by atoms with Gasteiger partial charge in [0.25, 0.3) is 0 Å². The third-order valence-electron chi connectivity index (χ3n) is 7.13. The average molecular weight is 522 g/mol. The predicted molar refractivity (Wildman–Crippen MR) is 141 cm³/mol. The molecule has 0 saturated carbocycles. The second kappa shape index (κ2) is 10.2. The van der Waals surface area contributed by atoms with Crippen LogP contribution in [0.4, 0.5) is 0 Å². The highest BCUT2D eigenvalue weighted by molar-refractivity contribution is 7.89. The van der Waals surface area contributed by atoms with Crippen molar-refractivity contribution in [2.75, 3.05) is 7.11 Å². The van der Waals surface area contributed by atoms with Crippen molar-refractivity contribution < 1.29 is 17.9 Å². The van der Waals surface area contributed by atoms with Crippen LogP contribution in [-0.4, -0.2) is 27.4 Å². The molecule has 5 rings (SSSR count). The molecular formula is C29H28ClNO4S. The van der Waals surface area contributed by atoms with Crippen molar-refractivity contribution in [2.24, 2.45) is 5.92 Å². The number of ketones is 1. The second-order valence-corrected chi connectivity index (χ2v) is 11.6. The Bertz CT molecular complexity index is 1420. The van der Waals surface area contributed by atoms with Gasteiger partial charge in [0.2, 0.25) is 10.0 Å². The maximum Gasteiger partial charge on any atom is 0.240 e. The Morgan fingerprint density at radius 3 is 2.44 bits per heavy atom. The van der Waals surface area contributed by atoms with Crippen LogP contribution in [0.3, 0.4) is 0 Å². The Kier molecular flexibility index (Phi) is 7.02. The molecule has 2 unspecified atom stereocenters. The number of carbonyl (C=O) groups excluding carboxylic acids is 1. The summed E-state index contributed by atoms with van der Waals surface area (Å²) in [6.45, 7) is 0. The molecule has 36 heavy (non-hydrogen) atoms. The number of methoxy groups -OCH3 is 1. The van der Waals surface area contributed by atoms with Gasteiger partial charge in [-0.15, -0.1) is 0 Å². The highest BCUT2D eigenvalue weighted by Gasteiger charge is 2.35. The van der Waals surface area contributed by atoms with Crippen LogP contribution in [-0.2, 0) is 38.8 Å². The zero-order chi connectivity index (χ0) is 25.3. The molecule has 0 radical (unpaired) electrons. The van der Waals surface area contributed by atoms with E-state index in [0.29, 0.717) is 36.3 Å². The third-order valence-corrected chi connectivity index (χ3v) is 8.92.